The normalized spacial score (nSPS) is 10.4. The third-order valence-electron chi connectivity index (χ3n) is 2.79. The number of halogens is 3. The molecule has 21 heavy (non-hydrogen) atoms. The first-order valence-electron chi connectivity index (χ1n) is 6.26. The van der Waals surface area contributed by atoms with Crippen molar-refractivity contribution < 1.29 is 4.79 Å². The Morgan fingerprint density at radius 2 is 1.52 bits per heavy atom. The van der Waals surface area contributed by atoms with E-state index in [9.17, 15) is 4.79 Å². The Balaban J connectivity index is 1.87. The smallest absolute Gasteiger partial charge is 0.238 e. The van der Waals surface area contributed by atoms with Crippen molar-refractivity contribution in [3.63, 3.8) is 0 Å². The van der Waals surface area contributed by atoms with Crippen LogP contribution in [0.4, 0.5) is 5.69 Å². The van der Waals surface area contributed by atoms with Gasteiger partial charge < -0.3 is 10.6 Å². The Morgan fingerprint density at radius 1 is 0.905 bits per heavy atom. The van der Waals surface area contributed by atoms with Crippen LogP contribution in [0.1, 0.15) is 5.56 Å². The van der Waals surface area contributed by atoms with Gasteiger partial charge in [-0.15, -0.1) is 0 Å². The summed E-state index contributed by atoms with van der Waals surface area (Å²) in [6, 6.07) is 12.5. The molecule has 2 aromatic carbocycles. The number of carbonyl (C=O) groups is 1. The van der Waals surface area contributed by atoms with E-state index in [1.54, 1.807) is 18.2 Å². The van der Waals surface area contributed by atoms with Crippen LogP contribution in [-0.2, 0) is 11.3 Å². The third-order valence-corrected chi connectivity index (χ3v) is 3.78. The van der Waals surface area contributed by atoms with Crippen LogP contribution in [-0.4, -0.2) is 12.5 Å². The zero-order valence-corrected chi connectivity index (χ0v) is 13.3. The predicted molar refractivity (Wildman–Crippen MR) is 88.3 cm³/mol. The van der Waals surface area contributed by atoms with Crippen LogP contribution >= 0.6 is 34.8 Å². The molecular weight excluding hydrogens is 331 g/mol. The lowest BCUT2D eigenvalue weighted by atomic mass is 10.2. The second-order valence-electron chi connectivity index (χ2n) is 4.34. The minimum Gasteiger partial charge on any atom is -0.322 e. The van der Waals surface area contributed by atoms with E-state index in [4.69, 9.17) is 34.8 Å². The summed E-state index contributed by atoms with van der Waals surface area (Å²) in [5.41, 5.74) is 1.35. The highest BCUT2D eigenvalue weighted by Gasteiger charge is 2.09. The quantitative estimate of drug-likeness (QED) is 0.846. The average Bonchev–Trinajstić information content (AvgIpc) is 2.45. The van der Waals surface area contributed by atoms with Gasteiger partial charge in [-0.2, -0.15) is 0 Å². The fourth-order valence-corrected chi connectivity index (χ4v) is 2.45. The van der Waals surface area contributed by atoms with Gasteiger partial charge in [-0.3, -0.25) is 4.79 Å². The lowest BCUT2D eigenvalue weighted by Gasteiger charge is -2.10. The maximum absolute atomic E-state index is 11.9. The zero-order valence-electron chi connectivity index (χ0n) is 11.0. The molecule has 0 heterocycles. The standard InChI is InChI=1S/C15H13Cl3N2O/c16-11-5-2-1-4-10(11)8-19-9-14(21)20-15-12(17)6-3-7-13(15)18/h1-7,19H,8-9H2,(H,20,21). The van der Waals surface area contributed by atoms with Gasteiger partial charge in [0.1, 0.15) is 0 Å². The number of para-hydroxylation sites is 1. The minimum absolute atomic E-state index is 0.132. The van der Waals surface area contributed by atoms with Gasteiger partial charge in [0, 0.05) is 11.6 Å². The van der Waals surface area contributed by atoms with Gasteiger partial charge in [0.05, 0.1) is 22.3 Å². The van der Waals surface area contributed by atoms with E-state index in [1.165, 1.54) is 0 Å². The third kappa shape index (κ3) is 4.61. The van der Waals surface area contributed by atoms with Gasteiger partial charge in [-0.25, -0.2) is 0 Å². The highest BCUT2D eigenvalue weighted by molar-refractivity contribution is 6.39. The molecule has 0 saturated carbocycles. The molecule has 0 aromatic heterocycles. The maximum atomic E-state index is 11.9. The molecule has 2 aromatic rings. The second kappa shape index (κ2) is 7.66. The molecule has 3 nitrogen and oxygen atoms in total. The molecule has 110 valence electrons. The number of benzene rings is 2. The summed E-state index contributed by atoms with van der Waals surface area (Å²) in [4.78, 5) is 11.9. The first-order valence-corrected chi connectivity index (χ1v) is 7.39. The Bertz CT molecular complexity index is 626. The number of rotatable bonds is 5. The number of anilines is 1. The van der Waals surface area contributed by atoms with Crippen molar-refractivity contribution in [2.75, 3.05) is 11.9 Å². The van der Waals surface area contributed by atoms with E-state index in [0.29, 0.717) is 27.3 Å². The first-order chi connectivity index (χ1) is 10.1. The van der Waals surface area contributed by atoms with Crippen molar-refractivity contribution in [1.82, 2.24) is 5.32 Å². The van der Waals surface area contributed by atoms with Crippen LogP contribution in [0.2, 0.25) is 15.1 Å². The zero-order chi connectivity index (χ0) is 15.2. The summed E-state index contributed by atoms with van der Waals surface area (Å²) in [6.07, 6.45) is 0. The largest absolute Gasteiger partial charge is 0.322 e. The predicted octanol–water partition coefficient (Wildman–Crippen LogP) is 4.38. The van der Waals surface area contributed by atoms with Gasteiger partial charge in [-0.1, -0.05) is 59.1 Å². The molecule has 2 N–H and O–H groups in total. The fraction of sp³-hybridized carbons (Fsp3) is 0.133. The molecule has 0 radical (unpaired) electrons. The summed E-state index contributed by atoms with van der Waals surface area (Å²) >= 11 is 18.0. The molecular formula is C15H13Cl3N2O. The van der Waals surface area contributed by atoms with Crippen molar-refractivity contribution in [2.24, 2.45) is 0 Å². The average molecular weight is 344 g/mol. The van der Waals surface area contributed by atoms with Crippen molar-refractivity contribution in [3.05, 3.63) is 63.1 Å². The Labute approximate surface area is 138 Å². The SMILES string of the molecule is O=C(CNCc1ccccc1Cl)Nc1c(Cl)cccc1Cl. The molecule has 2 rings (SSSR count). The van der Waals surface area contributed by atoms with E-state index >= 15 is 0 Å². The molecule has 0 fully saturated rings. The summed E-state index contributed by atoms with van der Waals surface area (Å²) < 4.78 is 0. The van der Waals surface area contributed by atoms with E-state index < -0.39 is 0 Å². The van der Waals surface area contributed by atoms with Crippen LogP contribution < -0.4 is 10.6 Å². The molecule has 0 atom stereocenters. The van der Waals surface area contributed by atoms with Crippen LogP contribution in [0, 0.1) is 0 Å². The maximum Gasteiger partial charge on any atom is 0.238 e. The highest BCUT2D eigenvalue weighted by atomic mass is 35.5. The molecule has 1 amide bonds. The van der Waals surface area contributed by atoms with Crippen molar-refractivity contribution in [3.8, 4) is 0 Å². The monoisotopic (exact) mass is 342 g/mol. The molecule has 6 heteroatoms. The molecule has 0 aliphatic rings. The second-order valence-corrected chi connectivity index (χ2v) is 5.56. The number of amides is 1. The topological polar surface area (TPSA) is 41.1 Å². The van der Waals surface area contributed by atoms with E-state index in [1.807, 2.05) is 24.3 Å². The number of nitrogens with one attached hydrogen (secondary N) is 2. The highest BCUT2D eigenvalue weighted by Crippen LogP contribution is 2.29. The van der Waals surface area contributed by atoms with Crippen LogP contribution in [0.5, 0.6) is 0 Å². The van der Waals surface area contributed by atoms with Crippen molar-refractivity contribution in [2.45, 2.75) is 6.54 Å². The van der Waals surface area contributed by atoms with Crippen molar-refractivity contribution in [1.29, 1.82) is 0 Å². The number of carbonyl (C=O) groups excluding carboxylic acids is 1. The summed E-state index contributed by atoms with van der Waals surface area (Å²) in [7, 11) is 0. The molecule has 0 bridgehead atoms. The van der Waals surface area contributed by atoms with Gasteiger partial charge in [0.25, 0.3) is 0 Å². The van der Waals surface area contributed by atoms with Gasteiger partial charge in [0.2, 0.25) is 5.91 Å². The Hall–Kier alpha value is -1.26. The lowest BCUT2D eigenvalue weighted by Crippen LogP contribution is -2.28. The summed E-state index contributed by atoms with van der Waals surface area (Å²) in [5.74, 6) is -0.225. The summed E-state index contributed by atoms with van der Waals surface area (Å²) in [6.45, 7) is 0.635. The molecule has 0 unspecified atom stereocenters. The Morgan fingerprint density at radius 3 is 2.19 bits per heavy atom. The fourth-order valence-electron chi connectivity index (χ4n) is 1.75. The Kier molecular flexibility index (Phi) is 5.88. The van der Waals surface area contributed by atoms with E-state index in [0.717, 1.165) is 5.56 Å². The van der Waals surface area contributed by atoms with Crippen LogP contribution in [0.15, 0.2) is 42.5 Å². The number of hydrogen-bond acceptors (Lipinski definition) is 2. The van der Waals surface area contributed by atoms with Gasteiger partial charge in [-0.05, 0) is 23.8 Å². The molecule has 0 saturated heterocycles. The van der Waals surface area contributed by atoms with E-state index in [-0.39, 0.29) is 12.5 Å². The first kappa shape index (κ1) is 16.1. The molecule has 0 aliphatic heterocycles. The minimum atomic E-state index is -0.225. The summed E-state index contributed by atoms with van der Waals surface area (Å²) in [5, 5.41) is 7.18. The number of hydrogen-bond donors (Lipinski definition) is 2. The van der Waals surface area contributed by atoms with Gasteiger partial charge in [0.15, 0.2) is 0 Å². The molecule has 0 spiro atoms. The van der Waals surface area contributed by atoms with Crippen LogP contribution in [0.3, 0.4) is 0 Å². The van der Waals surface area contributed by atoms with Crippen molar-refractivity contribution >= 4 is 46.4 Å². The lowest BCUT2D eigenvalue weighted by molar-refractivity contribution is -0.115. The molecule has 0 aliphatic carbocycles. The van der Waals surface area contributed by atoms with Gasteiger partial charge >= 0.3 is 0 Å². The van der Waals surface area contributed by atoms with Crippen LogP contribution in [0.25, 0.3) is 0 Å². The van der Waals surface area contributed by atoms with E-state index in [2.05, 4.69) is 10.6 Å².